The Hall–Kier alpha value is -3.88. The molecule has 28 heavy (non-hydrogen) atoms. The number of H-pyrrole nitrogens is 1. The van der Waals surface area contributed by atoms with E-state index in [1.165, 1.54) is 9.13 Å². The van der Waals surface area contributed by atoms with Gasteiger partial charge in [0.2, 0.25) is 5.91 Å². The molecule has 0 bridgehead atoms. The van der Waals surface area contributed by atoms with Crippen molar-refractivity contribution in [1.82, 2.24) is 18.7 Å². The number of benzene rings is 2. The van der Waals surface area contributed by atoms with Crippen LogP contribution in [0, 0.1) is 0 Å². The van der Waals surface area contributed by atoms with Crippen molar-refractivity contribution in [3.05, 3.63) is 73.8 Å². The number of para-hydroxylation sites is 1. The Kier molecular flexibility index (Phi) is 3.99. The number of aromatic amines is 1. The van der Waals surface area contributed by atoms with Crippen molar-refractivity contribution >= 4 is 33.5 Å². The molecule has 0 atom stereocenters. The van der Waals surface area contributed by atoms with Crippen molar-refractivity contribution in [2.24, 2.45) is 14.1 Å². The Bertz CT molecular complexity index is 1420. The van der Waals surface area contributed by atoms with Crippen LogP contribution >= 0.6 is 0 Å². The first-order valence-corrected chi connectivity index (χ1v) is 8.54. The highest BCUT2D eigenvalue weighted by Crippen LogP contribution is 2.17. The lowest BCUT2D eigenvalue weighted by atomic mass is 10.2. The second-order valence-corrected chi connectivity index (χ2v) is 6.52. The van der Waals surface area contributed by atoms with Gasteiger partial charge in [-0.1, -0.05) is 12.1 Å². The van der Waals surface area contributed by atoms with Gasteiger partial charge < -0.3 is 10.3 Å². The van der Waals surface area contributed by atoms with Crippen molar-refractivity contribution in [1.29, 1.82) is 0 Å². The average molecular weight is 379 g/mol. The maximum Gasteiger partial charge on any atom is 0.329 e. The molecule has 4 aromatic rings. The van der Waals surface area contributed by atoms with Gasteiger partial charge in [-0.05, 0) is 30.3 Å². The quantitative estimate of drug-likeness (QED) is 0.540. The number of carbonyl (C=O) groups is 1. The van der Waals surface area contributed by atoms with Gasteiger partial charge in [-0.15, -0.1) is 0 Å². The summed E-state index contributed by atoms with van der Waals surface area (Å²) in [6, 6.07) is 11.7. The molecule has 0 saturated heterocycles. The summed E-state index contributed by atoms with van der Waals surface area (Å²) < 4.78 is 3.84. The van der Waals surface area contributed by atoms with E-state index in [9.17, 15) is 19.2 Å². The highest BCUT2D eigenvalue weighted by Gasteiger charge is 2.13. The van der Waals surface area contributed by atoms with E-state index in [2.05, 4.69) is 10.3 Å². The van der Waals surface area contributed by atoms with E-state index < -0.39 is 23.7 Å². The Labute approximate surface area is 157 Å². The molecule has 2 heterocycles. The van der Waals surface area contributed by atoms with Gasteiger partial charge in [-0.3, -0.25) is 23.3 Å². The summed E-state index contributed by atoms with van der Waals surface area (Å²) in [5.74, 6) is -0.525. The molecule has 0 fully saturated rings. The predicted octanol–water partition coefficient (Wildman–Crippen LogP) is 0.519. The minimum absolute atomic E-state index is 0.173. The Morgan fingerprint density at radius 1 is 1.00 bits per heavy atom. The average Bonchev–Trinajstić information content (AvgIpc) is 2.89. The number of nitrogens with zero attached hydrogens (tertiary/aromatic N) is 3. The lowest BCUT2D eigenvalue weighted by Crippen LogP contribution is -2.38. The largest absolute Gasteiger partial charge is 0.329 e. The lowest BCUT2D eigenvalue weighted by molar-refractivity contribution is -0.116. The lowest BCUT2D eigenvalue weighted by Gasteiger charge is -2.08. The molecule has 2 N–H and O–H groups in total. The number of rotatable bonds is 3. The molecule has 4 rings (SSSR count). The maximum absolute atomic E-state index is 12.5. The Morgan fingerprint density at radius 2 is 1.71 bits per heavy atom. The van der Waals surface area contributed by atoms with Crippen molar-refractivity contribution in [3.63, 3.8) is 0 Å². The molecule has 0 aliphatic heterocycles. The summed E-state index contributed by atoms with van der Waals surface area (Å²) in [6.07, 6.45) is 0. The van der Waals surface area contributed by atoms with Crippen LogP contribution in [0.25, 0.3) is 21.9 Å². The molecular weight excluding hydrogens is 362 g/mol. The smallest absolute Gasteiger partial charge is 0.324 e. The van der Waals surface area contributed by atoms with E-state index in [4.69, 9.17) is 0 Å². The molecule has 0 aliphatic rings. The molecule has 0 aliphatic carbocycles. The minimum Gasteiger partial charge on any atom is -0.324 e. The van der Waals surface area contributed by atoms with Crippen LogP contribution in [0.15, 0.2) is 56.8 Å². The number of imidazole rings is 1. The summed E-state index contributed by atoms with van der Waals surface area (Å²) in [5, 5.41) is 2.99. The molecule has 2 aromatic heterocycles. The summed E-state index contributed by atoms with van der Waals surface area (Å²) in [7, 11) is 3.31. The maximum atomic E-state index is 12.5. The number of carbonyl (C=O) groups excluding carboxylic acids is 1. The number of fused-ring (bicyclic) bond motifs is 2. The Morgan fingerprint density at radius 3 is 2.50 bits per heavy atom. The molecule has 9 heteroatoms. The molecular formula is C19H17N5O4. The zero-order chi connectivity index (χ0) is 20.0. The second kappa shape index (κ2) is 6.38. The van der Waals surface area contributed by atoms with Crippen LogP contribution in [-0.2, 0) is 25.4 Å². The van der Waals surface area contributed by atoms with Crippen molar-refractivity contribution in [2.45, 2.75) is 6.54 Å². The summed E-state index contributed by atoms with van der Waals surface area (Å²) >= 11 is 0. The van der Waals surface area contributed by atoms with Gasteiger partial charge in [0, 0.05) is 19.8 Å². The molecule has 9 nitrogen and oxygen atoms in total. The number of hydrogen-bond acceptors (Lipinski definition) is 4. The number of aryl methyl sites for hydroxylation is 2. The zero-order valence-electron chi connectivity index (χ0n) is 15.2. The highest BCUT2D eigenvalue weighted by molar-refractivity contribution is 5.93. The zero-order valence-corrected chi connectivity index (χ0v) is 15.2. The van der Waals surface area contributed by atoms with Crippen LogP contribution in [0.3, 0.4) is 0 Å². The minimum atomic E-state index is -0.653. The van der Waals surface area contributed by atoms with Gasteiger partial charge >= 0.3 is 11.4 Å². The fraction of sp³-hybridized carbons (Fsp3) is 0.158. The van der Waals surface area contributed by atoms with E-state index in [0.29, 0.717) is 22.1 Å². The van der Waals surface area contributed by atoms with E-state index >= 15 is 0 Å². The van der Waals surface area contributed by atoms with Crippen molar-refractivity contribution in [3.8, 4) is 0 Å². The van der Waals surface area contributed by atoms with Gasteiger partial charge in [0.1, 0.15) is 6.54 Å². The monoisotopic (exact) mass is 379 g/mol. The van der Waals surface area contributed by atoms with E-state index in [0.717, 1.165) is 10.1 Å². The third-order valence-electron chi connectivity index (χ3n) is 4.75. The molecule has 0 radical (unpaired) electrons. The van der Waals surface area contributed by atoms with Crippen LogP contribution in [0.5, 0.6) is 0 Å². The SMILES string of the molecule is Cn1c(=O)n(C)c2cc(NC(=O)Cn3c(=O)[nH]c4ccccc4c3=O)ccc21. The number of amides is 1. The van der Waals surface area contributed by atoms with Crippen molar-refractivity contribution < 1.29 is 4.79 Å². The third-order valence-corrected chi connectivity index (χ3v) is 4.75. The molecule has 142 valence electrons. The Balaban J connectivity index is 1.65. The summed E-state index contributed by atoms with van der Waals surface area (Å²) in [4.78, 5) is 51.7. The molecule has 1 amide bonds. The van der Waals surface area contributed by atoms with E-state index in [-0.39, 0.29) is 5.69 Å². The van der Waals surface area contributed by atoms with Crippen LogP contribution < -0.4 is 22.3 Å². The number of nitrogens with one attached hydrogen (secondary N) is 2. The molecule has 0 spiro atoms. The molecule has 0 unspecified atom stereocenters. The number of aromatic nitrogens is 4. The normalized spacial score (nSPS) is 11.2. The fourth-order valence-electron chi connectivity index (χ4n) is 3.27. The van der Waals surface area contributed by atoms with Crippen LogP contribution in [0.1, 0.15) is 0 Å². The fourth-order valence-corrected chi connectivity index (χ4v) is 3.27. The van der Waals surface area contributed by atoms with Crippen molar-refractivity contribution in [2.75, 3.05) is 5.32 Å². The third kappa shape index (κ3) is 2.73. The van der Waals surface area contributed by atoms with Gasteiger partial charge in [-0.2, -0.15) is 0 Å². The predicted molar refractivity (Wildman–Crippen MR) is 106 cm³/mol. The van der Waals surface area contributed by atoms with Crippen LogP contribution in [-0.4, -0.2) is 24.6 Å². The first-order chi connectivity index (χ1) is 13.4. The topological polar surface area (TPSA) is 111 Å². The highest BCUT2D eigenvalue weighted by atomic mass is 16.2. The molecule has 2 aromatic carbocycles. The first-order valence-electron chi connectivity index (χ1n) is 8.54. The van der Waals surface area contributed by atoms with Gasteiger partial charge in [0.05, 0.1) is 21.9 Å². The van der Waals surface area contributed by atoms with Crippen LogP contribution in [0.2, 0.25) is 0 Å². The van der Waals surface area contributed by atoms with E-state index in [1.807, 2.05) is 0 Å². The van der Waals surface area contributed by atoms with Gasteiger partial charge in [-0.25, -0.2) is 9.59 Å². The number of hydrogen-bond donors (Lipinski definition) is 2. The van der Waals surface area contributed by atoms with E-state index in [1.54, 1.807) is 56.6 Å². The standard InChI is InChI=1S/C19H17N5O4/c1-22-14-8-7-11(9-15(14)23(2)19(22)28)20-16(25)10-24-17(26)12-5-3-4-6-13(12)21-18(24)27/h3-9H,10H2,1-2H3,(H,20,25)(H,21,27). The summed E-state index contributed by atoms with van der Waals surface area (Å²) in [6.45, 7) is -0.426. The second-order valence-electron chi connectivity index (χ2n) is 6.52. The van der Waals surface area contributed by atoms with Gasteiger partial charge in [0.25, 0.3) is 5.56 Å². The first kappa shape index (κ1) is 17.5. The van der Waals surface area contributed by atoms with Gasteiger partial charge in [0.15, 0.2) is 0 Å². The summed E-state index contributed by atoms with van der Waals surface area (Å²) in [5.41, 5.74) is 0.912. The number of anilines is 1. The molecule has 0 saturated carbocycles. The van der Waals surface area contributed by atoms with Crippen LogP contribution in [0.4, 0.5) is 5.69 Å².